The van der Waals surface area contributed by atoms with Crippen LogP contribution in [-0.2, 0) is 6.54 Å². The molecule has 1 aliphatic heterocycles. The first-order chi connectivity index (χ1) is 11.6. The number of thiazole rings is 1. The molecule has 0 radical (unpaired) electrons. The fourth-order valence-electron chi connectivity index (χ4n) is 2.96. The van der Waals surface area contributed by atoms with Crippen LogP contribution in [0, 0.1) is 0 Å². The molecule has 2 aromatic rings. The third kappa shape index (κ3) is 4.33. The van der Waals surface area contributed by atoms with Gasteiger partial charge in [-0.2, -0.15) is 0 Å². The molecule has 0 saturated carbocycles. The van der Waals surface area contributed by atoms with Gasteiger partial charge in [0.2, 0.25) is 0 Å². The van der Waals surface area contributed by atoms with Gasteiger partial charge in [0.05, 0.1) is 0 Å². The summed E-state index contributed by atoms with van der Waals surface area (Å²) in [6.45, 7) is 2.32. The smallest absolute Gasteiger partial charge is 0.273 e. The minimum Gasteiger partial charge on any atom is -0.381 e. The Hall–Kier alpha value is -1.92. The maximum absolute atomic E-state index is 12.7. The zero-order chi connectivity index (χ0) is 16.9. The maximum atomic E-state index is 12.7. The third-order valence-corrected chi connectivity index (χ3v) is 4.91. The normalized spacial score (nSPS) is 18.0. The van der Waals surface area contributed by atoms with E-state index in [1.165, 1.54) is 0 Å². The van der Waals surface area contributed by atoms with Crippen LogP contribution in [0.25, 0.3) is 0 Å². The molecule has 0 spiro atoms. The number of aromatic nitrogens is 1. The van der Waals surface area contributed by atoms with Crippen molar-refractivity contribution in [2.24, 2.45) is 0 Å². The molecule has 0 unspecified atom stereocenters. The molecule has 1 aliphatic rings. The van der Waals surface area contributed by atoms with Gasteiger partial charge in [-0.1, -0.05) is 18.2 Å². The average Bonchev–Trinajstić information content (AvgIpc) is 3.03. The molecule has 6 heteroatoms. The molecule has 24 heavy (non-hydrogen) atoms. The van der Waals surface area contributed by atoms with Crippen LogP contribution in [0.1, 0.15) is 28.3 Å². The largest absolute Gasteiger partial charge is 0.381 e. The van der Waals surface area contributed by atoms with Crippen LogP contribution in [0.15, 0.2) is 35.7 Å². The van der Waals surface area contributed by atoms with Gasteiger partial charge in [-0.25, -0.2) is 4.98 Å². The molecule has 1 saturated heterocycles. The second-order valence-corrected chi connectivity index (χ2v) is 7.41. The number of nitrogens with zero attached hydrogens (tertiary/aromatic N) is 3. The van der Waals surface area contributed by atoms with Crippen molar-refractivity contribution in [2.75, 3.05) is 32.5 Å². The number of benzene rings is 1. The highest BCUT2D eigenvalue weighted by Crippen LogP contribution is 2.19. The molecule has 1 aromatic carbocycles. The predicted octanol–water partition coefficient (Wildman–Crippen LogP) is 2.92. The second kappa shape index (κ2) is 7.77. The summed E-state index contributed by atoms with van der Waals surface area (Å²) < 4.78 is 0. The van der Waals surface area contributed by atoms with Gasteiger partial charge in [0.15, 0.2) is 0 Å². The van der Waals surface area contributed by atoms with E-state index >= 15 is 0 Å². The van der Waals surface area contributed by atoms with E-state index in [4.69, 9.17) is 0 Å². The first-order valence-electron chi connectivity index (χ1n) is 8.32. The van der Waals surface area contributed by atoms with Gasteiger partial charge in [-0.15, -0.1) is 11.3 Å². The van der Waals surface area contributed by atoms with Crippen LogP contribution < -0.4 is 5.32 Å². The Morgan fingerprint density at radius 2 is 2.17 bits per heavy atom. The van der Waals surface area contributed by atoms with E-state index in [1.54, 1.807) is 11.3 Å². The van der Waals surface area contributed by atoms with Gasteiger partial charge in [0, 0.05) is 36.7 Å². The number of anilines is 1. The molecule has 1 amide bonds. The lowest BCUT2D eigenvalue weighted by Crippen LogP contribution is -2.45. The molecule has 5 nitrogen and oxygen atoms in total. The maximum Gasteiger partial charge on any atom is 0.273 e. The number of rotatable bonds is 5. The van der Waals surface area contributed by atoms with Crippen molar-refractivity contribution in [3.8, 4) is 0 Å². The minimum absolute atomic E-state index is 0.0517. The minimum atomic E-state index is 0.0517. The first kappa shape index (κ1) is 16.9. The Balaban J connectivity index is 1.61. The van der Waals surface area contributed by atoms with Crippen LogP contribution in [0.2, 0.25) is 0 Å². The van der Waals surface area contributed by atoms with E-state index in [2.05, 4.69) is 27.3 Å². The predicted molar refractivity (Wildman–Crippen MR) is 98.5 cm³/mol. The summed E-state index contributed by atoms with van der Waals surface area (Å²) in [7, 11) is 4.01. The summed E-state index contributed by atoms with van der Waals surface area (Å²) in [6, 6.07) is 10.5. The Morgan fingerprint density at radius 1 is 1.38 bits per heavy atom. The monoisotopic (exact) mass is 344 g/mol. The van der Waals surface area contributed by atoms with Gasteiger partial charge in [-0.05, 0) is 39.1 Å². The number of piperidine rings is 1. The van der Waals surface area contributed by atoms with Crippen LogP contribution in [0.3, 0.4) is 0 Å². The number of likely N-dealkylation sites (tertiary alicyclic amines) is 1. The fourth-order valence-corrected chi connectivity index (χ4v) is 3.85. The van der Waals surface area contributed by atoms with Crippen molar-refractivity contribution in [1.29, 1.82) is 0 Å². The van der Waals surface area contributed by atoms with E-state index in [0.29, 0.717) is 11.7 Å². The summed E-state index contributed by atoms with van der Waals surface area (Å²) in [6.07, 6.45) is 2.10. The summed E-state index contributed by atoms with van der Waals surface area (Å²) >= 11 is 1.56. The number of hydrogen-bond acceptors (Lipinski definition) is 5. The average molecular weight is 344 g/mol. The van der Waals surface area contributed by atoms with Crippen molar-refractivity contribution in [3.05, 3.63) is 46.4 Å². The number of carbonyl (C=O) groups is 1. The second-order valence-electron chi connectivity index (χ2n) is 6.46. The fraction of sp³-hybridized carbons (Fsp3) is 0.444. The van der Waals surface area contributed by atoms with E-state index in [-0.39, 0.29) is 5.91 Å². The number of nitrogens with one attached hydrogen (secondary N) is 1. The Morgan fingerprint density at radius 3 is 2.92 bits per heavy atom. The lowest BCUT2D eigenvalue weighted by Gasteiger charge is -2.33. The standard InChI is InChI=1S/C18H24N4OS/c1-21(2)12-17-20-16(13-24-17)18(23)22-10-6-9-15(11-22)19-14-7-4-3-5-8-14/h3-5,7-8,13,15,19H,6,9-12H2,1-2H3/t15-/m1/s1. The highest BCUT2D eigenvalue weighted by molar-refractivity contribution is 7.09. The number of hydrogen-bond donors (Lipinski definition) is 1. The summed E-state index contributed by atoms with van der Waals surface area (Å²) in [5.74, 6) is 0.0517. The number of para-hydroxylation sites is 1. The topological polar surface area (TPSA) is 48.5 Å². The summed E-state index contributed by atoms with van der Waals surface area (Å²) in [4.78, 5) is 21.2. The van der Waals surface area contributed by atoms with E-state index in [0.717, 1.165) is 43.2 Å². The van der Waals surface area contributed by atoms with Gasteiger partial charge < -0.3 is 15.1 Å². The van der Waals surface area contributed by atoms with E-state index in [1.807, 2.05) is 42.6 Å². The van der Waals surface area contributed by atoms with Crippen molar-refractivity contribution in [1.82, 2.24) is 14.8 Å². The lowest BCUT2D eigenvalue weighted by atomic mass is 10.0. The molecule has 3 rings (SSSR count). The lowest BCUT2D eigenvalue weighted by molar-refractivity contribution is 0.0709. The molecular formula is C18H24N4OS. The van der Waals surface area contributed by atoms with Gasteiger partial charge in [-0.3, -0.25) is 4.79 Å². The van der Waals surface area contributed by atoms with Gasteiger partial charge in [0.25, 0.3) is 5.91 Å². The van der Waals surface area contributed by atoms with Crippen LogP contribution in [0.4, 0.5) is 5.69 Å². The molecular weight excluding hydrogens is 320 g/mol. The van der Waals surface area contributed by atoms with Gasteiger partial charge in [0.1, 0.15) is 10.7 Å². The van der Waals surface area contributed by atoms with Crippen LogP contribution in [0.5, 0.6) is 0 Å². The molecule has 1 atom stereocenters. The van der Waals surface area contributed by atoms with Crippen molar-refractivity contribution < 1.29 is 4.79 Å². The van der Waals surface area contributed by atoms with Crippen molar-refractivity contribution >= 4 is 22.9 Å². The van der Waals surface area contributed by atoms with Crippen LogP contribution in [-0.4, -0.2) is 53.9 Å². The van der Waals surface area contributed by atoms with E-state index in [9.17, 15) is 4.79 Å². The number of carbonyl (C=O) groups excluding carboxylic acids is 1. The molecule has 128 valence electrons. The van der Waals surface area contributed by atoms with Crippen LogP contribution >= 0.6 is 11.3 Å². The van der Waals surface area contributed by atoms with Crippen molar-refractivity contribution in [2.45, 2.75) is 25.4 Å². The summed E-state index contributed by atoms with van der Waals surface area (Å²) in [5.41, 5.74) is 1.69. The van der Waals surface area contributed by atoms with E-state index < -0.39 is 0 Å². The van der Waals surface area contributed by atoms with Gasteiger partial charge >= 0.3 is 0 Å². The Bertz CT molecular complexity index is 671. The molecule has 1 aromatic heterocycles. The molecule has 2 heterocycles. The molecule has 0 aliphatic carbocycles. The molecule has 0 bridgehead atoms. The summed E-state index contributed by atoms with van der Waals surface area (Å²) in [5, 5.41) is 6.40. The number of amides is 1. The molecule has 1 fully saturated rings. The Kier molecular flexibility index (Phi) is 5.48. The zero-order valence-electron chi connectivity index (χ0n) is 14.2. The molecule has 1 N–H and O–H groups in total. The van der Waals surface area contributed by atoms with Crippen molar-refractivity contribution in [3.63, 3.8) is 0 Å². The SMILES string of the molecule is CN(C)Cc1nc(C(=O)N2CCC[C@@H](Nc3ccccc3)C2)cs1. The first-order valence-corrected chi connectivity index (χ1v) is 9.20. The Labute approximate surface area is 147 Å². The highest BCUT2D eigenvalue weighted by atomic mass is 32.1. The quantitative estimate of drug-likeness (QED) is 0.906. The third-order valence-electron chi connectivity index (χ3n) is 4.08. The zero-order valence-corrected chi connectivity index (χ0v) is 15.1. The highest BCUT2D eigenvalue weighted by Gasteiger charge is 2.25.